The predicted octanol–water partition coefficient (Wildman–Crippen LogP) is 2.72. The third-order valence-corrected chi connectivity index (χ3v) is 4.09. The molecule has 0 fully saturated rings. The van der Waals surface area contributed by atoms with Crippen LogP contribution < -0.4 is 5.32 Å². The normalized spacial score (nSPS) is 19.5. The Balaban J connectivity index is 2.20. The van der Waals surface area contributed by atoms with E-state index in [1.54, 1.807) is 0 Å². The predicted molar refractivity (Wildman–Crippen MR) is 81.1 cm³/mol. The SMILES string of the molecule is CC(C)(C)[C@H](NC(=O)C1CCCc2ccccc21)C(=O)O. The summed E-state index contributed by atoms with van der Waals surface area (Å²) in [6.07, 6.45) is 2.73. The molecular formula is C17H23NO3. The summed E-state index contributed by atoms with van der Waals surface area (Å²) in [4.78, 5) is 23.9. The van der Waals surface area contributed by atoms with Crippen LogP contribution in [0.15, 0.2) is 24.3 Å². The number of amides is 1. The van der Waals surface area contributed by atoms with Gasteiger partial charge in [0.1, 0.15) is 6.04 Å². The summed E-state index contributed by atoms with van der Waals surface area (Å²) in [7, 11) is 0. The molecule has 0 aromatic heterocycles. The molecule has 0 saturated carbocycles. The molecule has 0 heterocycles. The van der Waals surface area contributed by atoms with Crippen molar-refractivity contribution >= 4 is 11.9 Å². The van der Waals surface area contributed by atoms with Crippen molar-refractivity contribution in [1.82, 2.24) is 5.32 Å². The first-order valence-corrected chi connectivity index (χ1v) is 7.41. The highest BCUT2D eigenvalue weighted by Gasteiger charge is 2.35. The zero-order valence-electron chi connectivity index (χ0n) is 12.8. The fourth-order valence-electron chi connectivity index (χ4n) is 2.92. The molecule has 0 saturated heterocycles. The summed E-state index contributed by atoms with van der Waals surface area (Å²) in [5, 5.41) is 12.1. The number of benzene rings is 1. The Morgan fingerprint density at radius 1 is 1.29 bits per heavy atom. The van der Waals surface area contributed by atoms with Crippen molar-refractivity contribution in [3.05, 3.63) is 35.4 Å². The maximum Gasteiger partial charge on any atom is 0.326 e. The molecular weight excluding hydrogens is 266 g/mol. The molecule has 2 atom stereocenters. The Bertz CT molecular complexity index is 545. The summed E-state index contributed by atoms with van der Waals surface area (Å²) >= 11 is 0. The van der Waals surface area contributed by atoms with Crippen molar-refractivity contribution in [2.75, 3.05) is 0 Å². The Kier molecular flexibility index (Phi) is 4.35. The fourth-order valence-corrected chi connectivity index (χ4v) is 2.92. The number of aryl methyl sites for hydroxylation is 1. The van der Waals surface area contributed by atoms with Crippen LogP contribution in [0.2, 0.25) is 0 Å². The second-order valence-corrected chi connectivity index (χ2v) is 6.79. The maximum atomic E-state index is 12.5. The molecule has 2 N–H and O–H groups in total. The Morgan fingerprint density at radius 2 is 1.95 bits per heavy atom. The van der Waals surface area contributed by atoms with E-state index < -0.39 is 17.4 Å². The van der Waals surface area contributed by atoms with Crippen molar-refractivity contribution in [3.63, 3.8) is 0 Å². The molecule has 0 spiro atoms. The first kappa shape index (κ1) is 15.5. The van der Waals surface area contributed by atoms with E-state index in [4.69, 9.17) is 0 Å². The van der Waals surface area contributed by atoms with E-state index in [2.05, 4.69) is 5.32 Å². The van der Waals surface area contributed by atoms with Crippen LogP contribution >= 0.6 is 0 Å². The van der Waals surface area contributed by atoms with Crippen LogP contribution in [0.1, 0.15) is 50.7 Å². The number of nitrogens with one attached hydrogen (secondary N) is 1. The molecule has 0 bridgehead atoms. The van der Waals surface area contributed by atoms with Crippen LogP contribution in [0.5, 0.6) is 0 Å². The van der Waals surface area contributed by atoms with Gasteiger partial charge in [-0.25, -0.2) is 4.79 Å². The second-order valence-electron chi connectivity index (χ2n) is 6.79. The first-order chi connectivity index (χ1) is 9.80. The smallest absolute Gasteiger partial charge is 0.326 e. The lowest BCUT2D eigenvalue weighted by Gasteiger charge is -2.31. The van der Waals surface area contributed by atoms with Gasteiger partial charge < -0.3 is 10.4 Å². The molecule has 114 valence electrons. The minimum Gasteiger partial charge on any atom is -0.480 e. The van der Waals surface area contributed by atoms with Gasteiger partial charge in [0.15, 0.2) is 0 Å². The number of carboxylic acid groups (broad SMARTS) is 1. The number of hydrogen-bond acceptors (Lipinski definition) is 2. The van der Waals surface area contributed by atoms with Gasteiger partial charge in [0.25, 0.3) is 0 Å². The molecule has 1 amide bonds. The number of hydrogen-bond donors (Lipinski definition) is 2. The first-order valence-electron chi connectivity index (χ1n) is 7.41. The average molecular weight is 289 g/mol. The standard InChI is InChI=1S/C17H23NO3/c1-17(2,3)14(16(20)21)18-15(19)13-10-6-8-11-7-4-5-9-12(11)13/h4-5,7,9,13-14H,6,8,10H2,1-3H3,(H,18,19)(H,20,21)/t13?,14-/m1/s1. The molecule has 1 aromatic carbocycles. The van der Waals surface area contributed by atoms with E-state index in [1.807, 2.05) is 45.0 Å². The largest absolute Gasteiger partial charge is 0.480 e. The number of carbonyl (C=O) groups excluding carboxylic acids is 1. The van der Waals surface area contributed by atoms with E-state index in [1.165, 1.54) is 5.56 Å². The average Bonchev–Trinajstić information content (AvgIpc) is 2.42. The maximum absolute atomic E-state index is 12.5. The van der Waals surface area contributed by atoms with Crippen molar-refractivity contribution < 1.29 is 14.7 Å². The van der Waals surface area contributed by atoms with Crippen molar-refractivity contribution in [1.29, 1.82) is 0 Å². The highest BCUT2D eigenvalue weighted by atomic mass is 16.4. The van der Waals surface area contributed by atoms with Gasteiger partial charge in [-0.1, -0.05) is 45.0 Å². The summed E-state index contributed by atoms with van der Waals surface area (Å²) < 4.78 is 0. The Labute approximate surface area is 125 Å². The molecule has 4 nitrogen and oxygen atoms in total. The van der Waals surface area contributed by atoms with Gasteiger partial charge in [-0.3, -0.25) is 4.79 Å². The summed E-state index contributed by atoms with van der Waals surface area (Å²) in [6.45, 7) is 5.46. The molecule has 2 rings (SSSR count). The van der Waals surface area contributed by atoms with Crippen molar-refractivity contribution in [2.24, 2.45) is 5.41 Å². The highest BCUT2D eigenvalue weighted by molar-refractivity contribution is 5.89. The number of rotatable bonds is 3. The van der Waals surface area contributed by atoms with Crippen LogP contribution in [0.3, 0.4) is 0 Å². The molecule has 1 aliphatic carbocycles. The lowest BCUT2D eigenvalue weighted by molar-refractivity contribution is -0.145. The van der Waals surface area contributed by atoms with E-state index in [0.29, 0.717) is 0 Å². The Hall–Kier alpha value is -1.84. The van der Waals surface area contributed by atoms with E-state index >= 15 is 0 Å². The quantitative estimate of drug-likeness (QED) is 0.899. The van der Waals surface area contributed by atoms with Crippen LogP contribution in [0, 0.1) is 5.41 Å². The number of carbonyl (C=O) groups is 2. The lowest BCUT2D eigenvalue weighted by atomic mass is 9.81. The molecule has 21 heavy (non-hydrogen) atoms. The van der Waals surface area contributed by atoms with Gasteiger partial charge in [0, 0.05) is 0 Å². The van der Waals surface area contributed by atoms with Crippen molar-refractivity contribution in [3.8, 4) is 0 Å². The lowest BCUT2D eigenvalue weighted by Crippen LogP contribution is -2.50. The molecule has 0 aliphatic heterocycles. The second kappa shape index (κ2) is 5.88. The highest BCUT2D eigenvalue weighted by Crippen LogP contribution is 2.32. The van der Waals surface area contributed by atoms with Gasteiger partial charge >= 0.3 is 5.97 Å². The van der Waals surface area contributed by atoms with E-state index in [-0.39, 0.29) is 11.8 Å². The van der Waals surface area contributed by atoms with Gasteiger partial charge in [-0.15, -0.1) is 0 Å². The minimum absolute atomic E-state index is 0.176. The third kappa shape index (κ3) is 3.43. The topological polar surface area (TPSA) is 66.4 Å². The van der Waals surface area contributed by atoms with Crippen LogP contribution in [-0.4, -0.2) is 23.0 Å². The van der Waals surface area contributed by atoms with E-state index in [9.17, 15) is 14.7 Å². The van der Waals surface area contributed by atoms with Crippen LogP contribution in [0.4, 0.5) is 0 Å². The zero-order valence-corrected chi connectivity index (χ0v) is 12.8. The molecule has 4 heteroatoms. The fraction of sp³-hybridized carbons (Fsp3) is 0.529. The molecule has 1 aromatic rings. The van der Waals surface area contributed by atoms with E-state index in [0.717, 1.165) is 24.8 Å². The molecule has 1 aliphatic rings. The minimum atomic E-state index is -0.986. The van der Waals surface area contributed by atoms with Gasteiger partial charge in [-0.2, -0.15) is 0 Å². The zero-order chi connectivity index (χ0) is 15.6. The molecule has 1 unspecified atom stereocenters. The monoisotopic (exact) mass is 289 g/mol. The van der Waals surface area contributed by atoms with Gasteiger partial charge in [0.2, 0.25) is 5.91 Å². The van der Waals surface area contributed by atoms with Gasteiger partial charge in [-0.05, 0) is 35.8 Å². The number of aliphatic carboxylic acids is 1. The Morgan fingerprint density at radius 3 is 2.57 bits per heavy atom. The molecule has 0 radical (unpaired) electrons. The van der Waals surface area contributed by atoms with Crippen LogP contribution in [-0.2, 0) is 16.0 Å². The number of fused-ring (bicyclic) bond motifs is 1. The number of carboxylic acids is 1. The summed E-state index contributed by atoms with van der Waals surface area (Å²) in [5.41, 5.74) is 1.72. The van der Waals surface area contributed by atoms with Gasteiger partial charge in [0.05, 0.1) is 5.92 Å². The van der Waals surface area contributed by atoms with Crippen LogP contribution in [0.25, 0.3) is 0 Å². The summed E-state index contributed by atoms with van der Waals surface area (Å²) in [5.74, 6) is -1.40. The third-order valence-electron chi connectivity index (χ3n) is 4.09. The summed E-state index contributed by atoms with van der Waals surface area (Å²) in [6, 6.07) is 7.06. The van der Waals surface area contributed by atoms with Crippen molar-refractivity contribution in [2.45, 2.75) is 52.0 Å².